The lowest BCUT2D eigenvalue weighted by molar-refractivity contribution is 0.174. The van der Waals surface area contributed by atoms with Gasteiger partial charge in [-0.25, -0.2) is 0 Å². The second-order valence-corrected chi connectivity index (χ2v) is 5.43. The molecule has 0 unspecified atom stereocenters. The Labute approximate surface area is 134 Å². The van der Waals surface area contributed by atoms with Crippen LogP contribution in [0.2, 0.25) is 0 Å². The van der Waals surface area contributed by atoms with Crippen molar-refractivity contribution < 1.29 is 9.47 Å². The second-order valence-electron chi connectivity index (χ2n) is 5.02. The van der Waals surface area contributed by atoms with Crippen LogP contribution in [0.4, 0.5) is 5.69 Å². The summed E-state index contributed by atoms with van der Waals surface area (Å²) >= 11 is 5.28. The van der Waals surface area contributed by atoms with Gasteiger partial charge in [0.05, 0.1) is 5.69 Å². The number of hydrogen-bond donors (Lipinski definition) is 2. The van der Waals surface area contributed by atoms with Gasteiger partial charge in [0.2, 0.25) is 6.79 Å². The highest BCUT2D eigenvalue weighted by Gasteiger charge is 2.13. The van der Waals surface area contributed by atoms with E-state index in [1.54, 1.807) is 0 Å². The molecule has 0 amide bonds. The molecule has 1 aliphatic heterocycles. The molecule has 0 saturated heterocycles. The summed E-state index contributed by atoms with van der Waals surface area (Å²) in [6.07, 6.45) is 2.93. The SMILES string of the molecule is Cc1ccn(CCCNC(=S)Nc2ccc3c(c2)OCO3)n1. The highest BCUT2D eigenvalue weighted by Crippen LogP contribution is 2.34. The zero-order chi connectivity index (χ0) is 15.4. The molecule has 0 radical (unpaired) electrons. The maximum absolute atomic E-state index is 5.33. The summed E-state index contributed by atoms with van der Waals surface area (Å²) in [7, 11) is 0. The van der Waals surface area contributed by atoms with Gasteiger partial charge in [0.1, 0.15) is 0 Å². The van der Waals surface area contributed by atoms with E-state index in [9.17, 15) is 0 Å². The number of ether oxygens (including phenoxy) is 2. The fourth-order valence-electron chi connectivity index (χ4n) is 2.18. The Balaban J connectivity index is 1.41. The molecule has 2 aromatic rings. The summed E-state index contributed by atoms with van der Waals surface area (Å²) in [5.74, 6) is 1.50. The molecule has 2 heterocycles. The summed E-state index contributed by atoms with van der Waals surface area (Å²) in [5, 5.41) is 11.3. The van der Waals surface area contributed by atoms with Crippen LogP contribution in [-0.4, -0.2) is 28.2 Å². The minimum Gasteiger partial charge on any atom is -0.454 e. The predicted octanol–water partition coefficient (Wildman–Crippen LogP) is 2.30. The van der Waals surface area contributed by atoms with Crippen molar-refractivity contribution in [3.8, 4) is 11.5 Å². The zero-order valence-electron chi connectivity index (χ0n) is 12.3. The summed E-state index contributed by atoms with van der Waals surface area (Å²) in [4.78, 5) is 0. The average molecular weight is 318 g/mol. The molecule has 1 aromatic heterocycles. The highest BCUT2D eigenvalue weighted by molar-refractivity contribution is 7.80. The van der Waals surface area contributed by atoms with Gasteiger partial charge < -0.3 is 20.1 Å². The molecule has 3 rings (SSSR count). The Kier molecular flexibility index (Phi) is 4.43. The molecule has 7 heteroatoms. The number of nitrogens with zero attached hydrogens (tertiary/aromatic N) is 2. The van der Waals surface area contributed by atoms with Crippen molar-refractivity contribution in [3.63, 3.8) is 0 Å². The Morgan fingerprint density at radius 1 is 1.32 bits per heavy atom. The average Bonchev–Trinajstić information content (AvgIpc) is 3.12. The van der Waals surface area contributed by atoms with Gasteiger partial charge in [-0.15, -0.1) is 0 Å². The number of thiocarbonyl (C=S) groups is 1. The first-order chi connectivity index (χ1) is 10.7. The minimum atomic E-state index is 0.272. The number of aromatic nitrogens is 2. The number of rotatable bonds is 5. The molecule has 6 nitrogen and oxygen atoms in total. The Hall–Kier alpha value is -2.28. The van der Waals surface area contributed by atoms with Crippen LogP contribution in [-0.2, 0) is 6.54 Å². The van der Waals surface area contributed by atoms with Gasteiger partial charge >= 0.3 is 0 Å². The highest BCUT2D eigenvalue weighted by atomic mass is 32.1. The summed E-state index contributed by atoms with van der Waals surface area (Å²) < 4.78 is 12.5. The number of fused-ring (bicyclic) bond motifs is 1. The van der Waals surface area contributed by atoms with Crippen molar-refractivity contribution in [2.75, 3.05) is 18.7 Å². The van der Waals surface area contributed by atoms with Crippen molar-refractivity contribution in [1.82, 2.24) is 15.1 Å². The smallest absolute Gasteiger partial charge is 0.231 e. The van der Waals surface area contributed by atoms with Crippen molar-refractivity contribution in [2.45, 2.75) is 19.9 Å². The van der Waals surface area contributed by atoms with Crippen molar-refractivity contribution >= 4 is 23.0 Å². The second kappa shape index (κ2) is 6.65. The van der Waals surface area contributed by atoms with Crippen molar-refractivity contribution in [3.05, 3.63) is 36.2 Å². The molecule has 0 bridgehead atoms. The number of nitrogens with one attached hydrogen (secondary N) is 2. The third kappa shape index (κ3) is 3.67. The topological polar surface area (TPSA) is 60.3 Å². The van der Waals surface area contributed by atoms with E-state index < -0.39 is 0 Å². The quantitative estimate of drug-likeness (QED) is 0.652. The first-order valence-electron chi connectivity index (χ1n) is 7.15. The summed E-state index contributed by atoms with van der Waals surface area (Å²) in [6, 6.07) is 7.66. The predicted molar refractivity (Wildman–Crippen MR) is 88.4 cm³/mol. The normalized spacial score (nSPS) is 12.2. The summed E-state index contributed by atoms with van der Waals surface area (Å²) in [6.45, 7) is 3.91. The molecular formula is C15H18N4O2S. The number of anilines is 1. The van der Waals surface area contributed by atoms with Gasteiger partial charge in [0.15, 0.2) is 16.6 Å². The van der Waals surface area contributed by atoms with Crippen molar-refractivity contribution in [2.24, 2.45) is 0 Å². The zero-order valence-corrected chi connectivity index (χ0v) is 13.2. The van der Waals surface area contributed by atoms with Gasteiger partial charge in [0, 0.05) is 31.0 Å². The third-order valence-electron chi connectivity index (χ3n) is 3.25. The lowest BCUT2D eigenvalue weighted by Gasteiger charge is -2.11. The van der Waals surface area contributed by atoms with Crippen LogP contribution in [0, 0.1) is 6.92 Å². The Morgan fingerprint density at radius 3 is 3.00 bits per heavy atom. The van der Waals surface area contributed by atoms with Gasteiger partial charge in [-0.1, -0.05) is 0 Å². The fraction of sp³-hybridized carbons (Fsp3) is 0.333. The van der Waals surface area contributed by atoms with Gasteiger partial charge in [-0.05, 0) is 43.8 Å². The third-order valence-corrected chi connectivity index (χ3v) is 3.50. The molecule has 1 aliphatic rings. The molecule has 0 aliphatic carbocycles. The van der Waals surface area contributed by atoms with E-state index >= 15 is 0 Å². The van der Waals surface area contributed by atoms with E-state index in [1.807, 2.05) is 42.1 Å². The van der Waals surface area contributed by atoms with E-state index in [0.29, 0.717) is 5.11 Å². The van der Waals surface area contributed by atoms with Crippen LogP contribution in [0.1, 0.15) is 12.1 Å². The first-order valence-corrected chi connectivity index (χ1v) is 7.56. The molecule has 2 N–H and O–H groups in total. The minimum absolute atomic E-state index is 0.272. The number of aryl methyl sites for hydroxylation is 2. The van der Waals surface area contributed by atoms with E-state index in [-0.39, 0.29) is 6.79 Å². The largest absolute Gasteiger partial charge is 0.454 e. The molecule has 1 aromatic carbocycles. The first kappa shape index (κ1) is 14.6. The number of benzene rings is 1. The van der Waals surface area contributed by atoms with E-state index in [0.717, 1.165) is 42.4 Å². The maximum Gasteiger partial charge on any atom is 0.231 e. The number of hydrogen-bond acceptors (Lipinski definition) is 4. The summed E-state index contributed by atoms with van der Waals surface area (Å²) in [5.41, 5.74) is 1.91. The molecular weight excluding hydrogens is 300 g/mol. The fourth-order valence-corrected chi connectivity index (χ4v) is 2.40. The van der Waals surface area contributed by atoms with E-state index in [4.69, 9.17) is 21.7 Å². The van der Waals surface area contributed by atoms with Crippen LogP contribution < -0.4 is 20.1 Å². The van der Waals surface area contributed by atoms with Crippen LogP contribution in [0.25, 0.3) is 0 Å². The molecule has 0 saturated carbocycles. The lowest BCUT2D eigenvalue weighted by Crippen LogP contribution is -2.29. The van der Waals surface area contributed by atoms with E-state index in [1.165, 1.54) is 0 Å². The Bertz CT molecular complexity index is 671. The van der Waals surface area contributed by atoms with Gasteiger partial charge in [-0.2, -0.15) is 5.10 Å². The Morgan fingerprint density at radius 2 is 2.18 bits per heavy atom. The van der Waals surface area contributed by atoms with Crippen LogP contribution in [0.3, 0.4) is 0 Å². The van der Waals surface area contributed by atoms with E-state index in [2.05, 4.69) is 15.7 Å². The molecule has 116 valence electrons. The van der Waals surface area contributed by atoms with Gasteiger partial charge in [-0.3, -0.25) is 4.68 Å². The monoisotopic (exact) mass is 318 g/mol. The van der Waals surface area contributed by atoms with Crippen LogP contribution in [0.5, 0.6) is 11.5 Å². The van der Waals surface area contributed by atoms with Crippen molar-refractivity contribution in [1.29, 1.82) is 0 Å². The lowest BCUT2D eigenvalue weighted by atomic mass is 10.3. The standard InChI is InChI=1S/C15H18N4O2S/c1-11-5-8-19(18-11)7-2-6-16-15(22)17-12-3-4-13-14(9-12)21-10-20-13/h3-5,8-9H,2,6-7,10H2,1H3,(H2,16,17,22). The molecule has 0 atom stereocenters. The molecule has 0 spiro atoms. The van der Waals surface area contributed by atoms with Gasteiger partial charge in [0.25, 0.3) is 0 Å². The maximum atomic E-state index is 5.33. The molecule has 0 fully saturated rings. The van der Waals surface area contributed by atoms with Crippen LogP contribution >= 0.6 is 12.2 Å². The van der Waals surface area contributed by atoms with Crippen LogP contribution in [0.15, 0.2) is 30.5 Å². The molecule has 22 heavy (non-hydrogen) atoms.